The first-order valence-corrected chi connectivity index (χ1v) is 6.62. The van der Waals surface area contributed by atoms with Crippen LogP contribution in [-0.2, 0) is 16.8 Å². The summed E-state index contributed by atoms with van der Waals surface area (Å²) in [5.74, 6) is -0.214. The van der Waals surface area contributed by atoms with Gasteiger partial charge in [0.2, 0.25) is 0 Å². The first kappa shape index (κ1) is 13.2. The van der Waals surface area contributed by atoms with Crippen LogP contribution in [0.3, 0.4) is 0 Å². The molecule has 0 N–H and O–H groups in total. The van der Waals surface area contributed by atoms with E-state index in [4.69, 9.17) is 4.74 Å². The van der Waals surface area contributed by atoms with Gasteiger partial charge in [0.15, 0.2) is 0 Å². The number of rotatable bonds is 4. The summed E-state index contributed by atoms with van der Waals surface area (Å²) in [7, 11) is 1.66. The van der Waals surface area contributed by atoms with Gasteiger partial charge in [-0.1, -0.05) is 12.1 Å². The highest BCUT2D eigenvalue weighted by Crippen LogP contribution is 2.33. The molecule has 1 heterocycles. The predicted molar refractivity (Wildman–Crippen MR) is 71.4 cm³/mol. The zero-order chi connectivity index (χ0) is 13.2. The number of hydrogen-bond donors (Lipinski definition) is 0. The van der Waals surface area contributed by atoms with E-state index in [0.717, 1.165) is 16.3 Å². The molecule has 0 radical (unpaired) electrons. The summed E-state index contributed by atoms with van der Waals surface area (Å²) >= 11 is 1.61. The molecule has 96 valence electrons. The molecule has 4 heteroatoms. The molecule has 0 saturated heterocycles. The Morgan fingerprint density at radius 3 is 2.56 bits per heavy atom. The van der Waals surface area contributed by atoms with E-state index >= 15 is 0 Å². The van der Waals surface area contributed by atoms with Crippen molar-refractivity contribution in [3.8, 4) is 0 Å². The second-order valence-electron chi connectivity index (χ2n) is 4.71. The van der Waals surface area contributed by atoms with Crippen molar-refractivity contribution in [1.29, 1.82) is 0 Å². The Kier molecular flexibility index (Phi) is 3.78. The standard InChI is InChI=1S/C14H16FNOS/c1-14(2,10-4-6-11(15)7-5-10)13-16-12(8-17-3)9-18-13/h4-7,9H,8H2,1-3H3. The molecule has 1 aromatic carbocycles. The van der Waals surface area contributed by atoms with Crippen LogP contribution in [0.2, 0.25) is 0 Å². The van der Waals surface area contributed by atoms with Crippen LogP contribution in [0.4, 0.5) is 4.39 Å². The average Bonchev–Trinajstić information content (AvgIpc) is 2.79. The Balaban J connectivity index is 2.31. The predicted octanol–water partition coefficient (Wildman–Crippen LogP) is 3.75. The normalized spacial score (nSPS) is 11.8. The van der Waals surface area contributed by atoms with Gasteiger partial charge in [0.25, 0.3) is 0 Å². The molecular formula is C14H16FNOS. The molecule has 0 fully saturated rings. The third-order valence-electron chi connectivity index (χ3n) is 2.94. The molecule has 0 aliphatic rings. The molecule has 0 spiro atoms. The largest absolute Gasteiger partial charge is 0.378 e. The number of aromatic nitrogens is 1. The minimum absolute atomic E-state index is 0.214. The van der Waals surface area contributed by atoms with E-state index in [-0.39, 0.29) is 11.2 Å². The van der Waals surface area contributed by atoms with E-state index in [1.54, 1.807) is 18.4 Å². The van der Waals surface area contributed by atoms with E-state index in [1.165, 1.54) is 12.1 Å². The quantitative estimate of drug-likeness (QED) is 0.840. The van der Waals surface area contributed by atoms with Gasteiger partial charge in [0.05, 0.1) is 12.3 Å². The molecule has 0 aliphatic carbocycles. The van der Waals surface area contributed by atoms with E-state index < -0.39 is 0 Å². The third kappa shape index (κ3) is 2.60. The first-order valence-electron chi connectivity index (χ1n) is 5.74. The van der Waals surface area contributed by atoms with E-state index in [0.29, 0.717) is 6.61 Å². The zero-order valence-electron chi connectivity index (χ0n) is 10.7. The van der Waals surface area contributed by atoms with Gasteiger partial charge in [-0.25, -0.2) is 9.37 Å². The SMILES string of the molecule is COCc1csc(C(C)(C)c2ccc(F)cc2)n1. The summed E-state index contributed by atoms with van der Waals surface area (Å²) in [4.78, 5) is 4.57. The summed E-state index contributed by atoms with van der Waals surface area (Å²) in [6.07, 6.45) is 0. The van der Waals surface area contributed by atoms with Gasteiger partial charge in [0.1, 0.15) is 10.8 Å². The third-order valence-corrected chi connectivity index (χ3v) is 4.16. The lowest BCUT2D eigenvalue weighted by Gasteiger charge is -2.22. The second kappa shape index (κ2) is 5.16. The highest BCUT2D eigenvalue weighted by Gasteiger charge is 2.26. The Morgan fingerprint density at radius 2 is 1.94 bits per heavy atom. The lowest BCUT2D eigenvalue weighted by molar-refractivity contribution is 0.182. The highest BCUT2D eigenvalue weighted by atomic mass is 32.1. The van der Waals surface area contributed by atoms with Crippen LogP contribution in [0.5, 0.6) is 0 Å². The van der Waals surface area contributed by atoms with Gasteiger partial charge in [-0.05, 0) is 31.5 Å². The Hall–Kier alpha value is -1.26. The Bertz CT molecular complexity index is 519. The smallest absolute Gasteiger partial charge is 0.123 e. The van der Waals surface area contributed by atoms with Crippen molar-refractivity contribution in [3.05, 3.63) is 51.7 Å². The van der Waals surface area contributed by atoms with E-state index in [9.17, 15) is 4.39 Å². The fourth-order valence-corrected chi connectivity index (χ4v) is 2.75. The van der Waals surface area contributed by atoms with Crippen molar-refractivity contribution < 1.29 is 9.13 Å². The van der Waals surface area contributed by atoms with Gasteiger partial charge >= 0.3 is 0 Å². The zero-order valence-corrected chi connectivity index (χ0v) is 11.6. The molecule has 0 bridgehead atoms. The number of thiazole rings is 1. The van der Waals surface area contributed by atoms with Gasteiger partial charge in [-0.15, -0.1) is 11.3 Å². The number of benzene rings is 1. The molecule has 0 aliphatic heterocycles. The van der Waals surface area contributed by atoms with Crippen LogP contribution in [-0.4, -0.2) is 12.1 Å². The number of ether oxygens (including phenoxy) is 1. The van der Waals surface area contributed by atoms with Gasteiger partial charge in [0, 0.05) is 17.9 Å². The van der Waals surface area contributed by atoms with Crippen LogP contribution >= 0.6 is 11.3 Å². The topological polar surface area (TPSA) is 22.1 Å². The van der Waals surface area contributed by atoms with Crippen LogP contribution in [0.1, 0.15) is 30.1 Å². The maximum absolute atomic E-state index is 13.0. The molecule has 0 unspecified atom stereocenters. The molecule has 2 rings (SSSR count). The molecule has 0 saturated carbocycles. The molecular weight excluding hydrogens is 249 g/mol. The molecule has 2 aromatic rings. The second-order valence-corrected chi connectivity index (χ2v) is 5.57. The number of nitrogens with zero attached hydrogens (tertiary/aromatic N) is 1. The summed E-state index contributed by atoms with van der Waals surface area (Å²) < 4.78 is 18.0. The number of methoxy groups -OCH3 is 1. The van der Waals surface area contributed by atoms with Crippen molar-refractivity contribution in [2.24, 2.45) is 0 Å². The Labute approximate surface area is 110 Å². The summed E-state index contributed by atoms with van der Waals surface area (Å²) in [5, 5.41) is 3.02. The fraction of sp³-hybridized carbons (Fsp3) is 0.357. The van der Waals surface area contributed by atoms with Crippen molar-refractivity contribution in [1.82, 2.24) is 4.98 Å². The first-order chi connectivity index (χ1) is 8.54. The van der Waals surface area contributed by atoms with Crippen LogP contribution in [0, 0.1) is 5.82 Å². The molecule has 18 heavy (non-hydrogen) atoms. The van der Waals surface area contributed by atoms with Crippen molar-refractivity contribution in [2.45, 2.75) is 25.9 Å². The van der Waals surface area contributed by atoms with Crippen molar-refractivity contribution in [2.75, 3.05) is 7.11 Å². The Morgan fingerprint density at radius 1 is 1.28 bits per heavy atom. The highest BCUT2D eigenvalue weighted by molar-refractivity contribution is 7.09. The summed E-state index contributed by atoms with van der Waals surface area (Å²) in [6.45, 7) is 4.71. The average molecular weight is 265 g/mol. The lowest BCUT2D eigenvalue weighted by atomic mass is 9.85. The molecule has 0 atom stereocenters. The lowest BCUT2D eigenvalue weighted by Crippen LogP contribution is -2.18. The number of halogens is 1. The minimum atomic E-state index is -0.218. The van der Waals surface area contributed by atoms with Gasteiger partial charge in [-0.2, -0.15) is 0 Å². The number of hydrogen-bond acceptors (Lipinski definition) is 3. The van der Waals surface area contributed by atoms with E-state index in [2.05, 4.69) is 18.8 Å². The monoisotopic (exact) mass is 265 g/mol. The van der Waals surface area contributed by atoms with Gasteiger partial charge < -0.3 is 4.74 Å². The van der Waals surface area contributed by atoms with Crippen LogP contribution in [0.15, 0.2) is 29.6 Å². The van der Waals surface area contributed by atoms with Crippen LogP contribution in [0.25, 0.3) is 0 Å². The van der Waals surface area contributed by atoms with E-state index in [1.807, 2.05) is 17.5 Å². The summed E-state index contributed by atoms with van der Waals surface area (Å²) in [6, 6.07) is 6.60. The molecule has 0 amide bonds. The molecule has 2 nitrogen and oxygen atoms in total. The maximum Gasteiger partial charge on any atom is 0.123 e. The summed E-state index contributed by atoms with van der Waals surface area (Å²) in [5.41, 5.74) is 1.78. The molecule has 1 aromatic heterocycles. The fourth-order valence-electron chi connectivity index (χ4n) is 1.80. The minimum Gasteiger partial charge on any atom is -0.378 e. The van der Waals surface area contributed by atoms with Crippen molar-refractivity contribution >= 4 is 11.3 Å². The van der Waals surface area contributed by atoms with Crippen LogP contribution < -0.4 is 0 Å². The maximum atomic E-state index is 13.0. The van der Waals surface area contributed by atoms with Crippen molar-refractivity contribution in [3.63, 3.8) is 0 Å². The van der Waals surface area contributed by atoms with Gasteiger partial charge in [-0.3, -0.25) is 0 Å².